The van der Waals surface area contributed by atoms with Crippen LogP contribution in [0.3, 0.4) is 0 Å². The number of aromatic amines is 1. The number of phenols is 1. The Balaban J connectivity index is 2.01. The molecule has 0 saturated heterocycles. The summed E-state index contributed by atoms with van der Waals surface area (Å²) in [5.41, 5.74) is 0.926. The van der Waals surface area contributed by atoms with Crippen LogP contribution in [0, 0.1) is 0 Å². The molecule has 0 atom stereocenters. The highest BCUT2D eigenvalue weighted by molar-refractivity contribution is 5.97. The van der Waals surface area contributed by atoms with Gasteiger partial charge in [0.1, 0.15) is 17.0 Å². The minimum atomic E-state index is -0.419. The lowest BCUT2D eigenvalue weighted by molar-refractivity contribution is 0.0991. The Bertz CT molecular complexity index is 870. The Kier molecular flexibility index (Phi) is 3.23. The molecule has 0 bridgehead atoms. The average Bonchev–Trinajstić information content (AvgIpc) is 2.50. The second-order valence-corrected chi connectivity index (χ2v) is 4.65. The van der Waals surface area contributed by atoms with Crippen LogP contribution in [-0.2, 0) is 6.42 Å². The van der Waals surface area contributed by atoms with Gasteiger partial charge in [-0.3, -0.25) is 9.59 Å². The number of fused-ring (bicyclic) bond motifs is 1. The second-order valence-electron chi connectivity index (χ2n) is 4.65. The normalized spacial score (nSPS) is 10.7. The number of carbonyl (C=O) groups excluding carboxylic acids is 1. The average molecular weight is 280 g/mol. The van der Waals surface area contributed by atoms with Gasteiger partial charge in [-0.15, -0.1) is 0 Å². The van der Waals surface area contributed by atoms with E-state index in [1.807, 2.05) is 6.07 Å². The molecule has 2 N–H and O–H groups in total. The van der Waals surface area contributed by atoms with E-state index < -0.39 is 5.56 Å². The largest absolute Gasteiger partial charge is 0.506 e. The molecule has 3 rings (SSSR count). The molecule has 0 amide bonds. The smallest absolute Gasteiger partial charge is 0.270 e. The number of carbonyl (C=O) groups is 1. The van der Waals surface area contributed by atoms with Gasteiger partial charge in [0.05, 0.1) is 11.9 Å². The van der Waals surface area contributed by atoms with Gasteiger partial charge in [0.15, 0.2) is 5.78 Å². The van der Waals surface area contributed by atoms with Crippen molar-refractivity contribution in [2.45, 2.75) is 6.42 Å². The molecule has 5 nitrogen and oxygen atoms in total. The van der Waals surface area contributed by atoms with Crippen LogP contribution in [0.1, 0.15) is 16.1 Å². The predicted molar refractivity (Wildman–Crippen MR) is 78.5 cm³/mol. The Hall–Kier alpha value is -2.95. The third-order valence-corrected chi connectivity index (χ3v) is 3.20. The highest BCUT2D eigenvalue weighted by Gasteiger charge is 2.13. The second kappa shape index (κ2) is 5.20. The van der Waals surface area contributed by atoms with Crippen LogP contribution in [0.5, 0.6) is 5.75 Å². The van der Waals surface area contributed by atoms with Crippen LogP contribution in [0.4, 0.5) is 0 Å². The quantitative estimate of drug-likeness (QED) is 0.719. The lowest BCUT2D eigenvalue weighted by Gasteiger charge is -2.04. The fraction of sp³-hybridized carbons (Fsp3) is 0.0625. The third-order valence-electron chi connectivity index (χ3n) is 3.20. The van der Waals surface area contributed by atoms with Crippen molar-refractivity contribution in [2.24, 2.45) is 0 Å². The van der Waals surface area contributed by atoms with Crippen LogP contribution >= 0.6 is 0 Å². The zero-order chi connectivity index (χ0) is 14.8. The van der Waals surface area contributed by atoms with E-state index in [9.17, 15) is 14.7 Å². The fourth-order valence-electron chi connectivity index (χ4n) is 2.13. The van der Waals surface area contributed by atoms with Gasteiger partial charge in [-0.25, -0.2) is 4.98 Å². The summed E-state index contributed by atoms with van der Waals surface area (Å²) in [6.45, 7) is 0. The molecule has 2 aromatic carbocycles. The number of Topliss-reactive ketones (excluding diaryl/α,β-unsaturated/α-hetero) is 1. The zero-order valence-corrected chi connectivity index (χ0v) is 11.0. The molecule has 0 spiro atoms. The molecule has 5 heteroatoms. The van der Waals surface area contributed by atoms with Crippen molar-refractivity contribution in [1.29, 1.82) is 0 Å². The number of benzene rings is 2. The molecule has 104 valence electrons. The summed E-state index contributed by atoms with van der Waals surface area (Å²) in [6.07, 6.45) is -0.108. The molecule has 0 saturated carbocycles. The number of hydrogen-bond acceptors (Lipinski definition) is 4. The van der Waals surface area contributed by atoms with Gasteiger partial charge < -0.3 is 10.1 Å². The number of nitrogens with zero attached hydrogens (tertiary/aromatic N) is 1. The minimum Gasteiger partial charge on any atom is -0.506 e. The number of nitrogens with one attached hydrogen (secondary N) is 1. The van der Waals surface area contributed by atoms with Gasteiger partial charge in [-0.1, -0.05) is 36.4 Å². The van der Waals surface area contributed by atoms with E-state index in [2.05, 4.69) is 9.97 Å². The molecule has 0 aliphatic carbocycles. The van der Waals surface area contributed by atoms with E-state index in [1.54, 1.807) is 36.4 Å². The maximum atomic E-state index is 12.1. The molecule has 0 aliphatic rings. The van der Waals surface area contributed by atoms with E-state index in [0.717, 1.165) is 0 Å². The van der Waals surface area contributed by atoms with Gasteiger partial charge in [-0.05, 0) is 12.1 Å². The highest BCUT2D eigenvalue weighted by Crippen LogP contribution is 2.19. The molecule has 0 radical (unpaired) electrons. The number of rotatable bonds is 3. The van der Waals surface area contributed by atoms with Crippen molar-refractivity contribution in [2.75, 3.05) is 0 Å². The van der Waals surface area contributed by atoms with Crippen LogP contribution in [-0.4, -0.2) is 20.9 Å². The SMILES string of the molecule is O=C(Cc1nc2c(O)cccc2[nH]c1=O)c1ccccc1. The van der Waals surface area contributed by atoms with E-state index in [0.29, 0.717) is 11.1 Å². The number of para-hydroxylation sites is 1. The Morgan fingerprint density at radius 2 is 1.86 bits per heavy atom. The number of aromatic hydroxyl groups is 1. The topological polar surface area (TPSA) is 83.0 Å². The molecular weight excluding hydrogens is 268 g/mol. The van der Waals surface area contributed by atoms with Gasteiger partial charge in [0, 0.05) is 5.56 Å². The third kappa shape index (κ3) is 2.53. The van der Waals surface area contributed by atoms with Gasteiger partial charge in [-0.2, -0.15) is 0 Å². The molecule has 1 aromatic heterocycles. The van der Waals surface area contributed by atoms with Crippen LogP contribution < -0.4 is 5.56 Å². The predicted octanol–water partition coefficient (Wildman–Crippen LogP) is 2.05. The Morgan fingerprint density at radius 3 is 2.62 bits per heavy atom. The van der Waals surface area contributed by atoms with Crippen molar-refractivity contribution >= 4 is 16.8 Å². The van der Waals surface area contributed by atoms with E-state index in [4.69, 9.17) is 0 Å². The lowest BCUT2D eigenvalue weighted by atomic mass is 10.1. The van der Waals surface area contributed by atoms with E-state index >= 15 is 0 Å². The number of H-pyrrole nitrogens is 1. The number of hydrogen-bond donors (Lipinski definition) is 2. The number of ketones is 1. The first-order valence-corrected chi connectivity index (χ1v) is 6.44. The summed E-state index contributed by atoms with van der Waals surface area (Å²) in [5, 5.41) is 9.77. The summed E-state index contributed by atoms with van der Waals surface area (Å²) in [6, 6.07) is 13.5. The summed E-state index contributed by atoms with van der Waals surface area (Å²) in [7, 11) is 0. The van der Waals surface area contributed by atoms with E-state index in [1.165, 1.54) is 6.07 Å². The van der Waals surface area contributed by atoms with Crippen LogP contribution in [0.2, 0.25) is 0 Å². The molecule has 21 heavy (non-hydrogen) atoms. The summed E-state index contributed by atoms with van der Waals surface area (Å²) < 4.78 is 0. The zero-order valence-electron chi connectivity index (χ0n) is 11.0. The van der Waals surface area contributed by atoms with Crippen LogP contribution in [0.15, 0.2) is 53.3 Å². The molecular formula is C16H12N2O3. The first-order chi connectivity index (χ1) is 10.1. The van der Waals surface area contributed by atoms with Crippen molar-refractivity contribution in [3.63, 3.8) is 0 Å². The summed E-state index contributed by atoms with van der Waals surface area (Å²) >= 11 is 0. The van der Waals surface area contributed by atoms with Crippen LogP contribution in [0.25, 0.3) is 11.0 Å². The monoisotopic (exact) mass is 280 g/mol. The first-order valence-electron chi connectivity index (χ1n) is 6.44. The maximum Gasteiger partial charge on any atom is 0.270 e. The molecule has 0 unspecified atom stereocenters. The standard InChI is InChI=1S/C16H12N2O3/c19-13-8-4-7-11-15(13)17-12(16(21)18-11)9-14(20)10-5-2-1-3-6-10/h1-8,19H,9H2,(H,18,21). The van der Waals surface area contributed by atoms with Gasteiger partial charge in [0.2, 0.25) is 0 Å². The van der Waals surface area contributed by atoms with Gasteiger partial charge >= 0.3 is 0 Å². The summed E-state index contributed by atoms with van der Waals surface area (Å²) in [4.78, 5) is 30.8. The highest BCUT2D eigenvalue weighted by atomic mass is 16.3. The number of aromatic nitrogens is 2. The van der Waals surface area contributed by atoms with E-state index in [-0.39, 0.29) is 29.2 Å². The van der Waals surface area contributed by atoms with Crippen molar-refractivity contribution in [1.82, 2.24) is 9.97 Å². The molecule has 1 heterocycles. The van der Waals surface area contributed by atoms with Crippen molar-refractivity contribution in [3.8, 4) is 5.75 Å². The number of phenolic OH excluding ortho intramolecular Hbond substituents is 1. The first kappa shape index (κ1) is 13.1. The minimum absolute atomic E-state index is 0.0304. The molecule has 3 aromatic rings. The maximum absolute atomic E-state index is 12.1. The van der Waals surface area contributed by atoms with Gasteiger partial charge in [0.25, 0.3) is 5.56 Å². The lowest BCUT2D eigenvalue weighted by Crippen LogP contribution is -2.19. The Morgan fingerprint density at radius 1 is 1.10 bits per heavy atom. The fourth-order valence-corrected chi connectivity index (χ4v) is 2.13. The molecule has 0 aliphatic heterocycles. The van der Waals surface area contributed by atoms with Crippen molar-refractivity contribution < 1.29 is 9.90 Å². The Labute approximate surface area is 119 Å². The summed E-state index contributed by atoms with van der Waals surface area (Å²) in [5.74, 6) is -0.222. The molecule has 0 fully saturated rings. The van der Waals surface area contributed by atoms with Crippen molar-refractivity contribution in [3.05, 3.63) is 70.1 Å².